The molecule has 152 valence electrons. The monoisotopic (exact) mass is 393 g/mol. The van der Waals surface area contributed by atoms with Gasteiger partial charge in [-0.1, -0.05) is 25.1 Å². The van der Waals surface area contributed by atoms with E-state index in [-0.39, 0.29) is 5.91 Å². The lowest BCUT2D eigenvalue weighted by Gasteiger charge is -2.15. The summed E-state index contributed by atoms with van der Waals surface area (Å²) in [6.07, 6.45) is 5.31. The van der Waals surface area contributed by atoms with E-state index in [2.05, 4.69) is 27.5 Å². The fourth-order valence-corrected chi connectivity index (χ4v) is 3.53. The first-order chi connectivity index (χ1) is 14.3. The molecule has 3 aromatic rings. The van der Waals surface area contributed by atoms with E-state index < -0.39 is 0 Å². The van der Waals surface area contributed by atoms with Crippen molar-refractivity contribution in [1.29, 1.82) is 0 Å². The molecule has 0 saturated carbocycles. The summed E-state index contributed by atoms with van der Waals surface area (Å²) >= 11 is 0. The van der Waals surface area contributed by atoms with Gasteiger partial charge in [0.2, 0.25) is 11.9 Å². The number of nitrogens with one attached hydrogen (secondary N) is 2. The zero-order valence-corrected chi connectivity index (χ0v) is 16.8. The number of carbonyl (C=O) groups excluding carboxylic acids is 1. The molecule has 1 aliphatic heterocycles. The minimum absolute atomic E-state index is 0.264. The fraction of sp³-hybridized carbons (Fsp3) is 0.429. The van der Waals surface area contributed by atoms with Crippen molar-refractivity contribution in [3.8, 4) is 5.69 Å². The molecular formula is C21H27N7O. The minimum atomic E-state index is 0.264. The molecule has 1 saturated heterocycles. The third-order valence-electron chi connectivity index (χ3n) is 5.03. The smallest absolute Gasteiger partial charge is 0.226 e. The Kier molecular flexibility index (Phi) is 5.88. The SMILES string of the molecule is CCCNc1nc(NCCCN2CCCC2=O)nc2c1ncn2-c1ccccc1. The molecule has 8 heteroatoms. The Morgan fingerprint density at radius 1 is 1.10 bits per heavy atom. The summed E-state index contributed by atoms with van der Waals surface area (Å²) in [6.45, 7) is 5.30. The van der Waals surface area contributed by atoms with Crippen molar-refractivity contribution in [1.82, 2.24) is 24.4 Å². The van der Waals surface area contributed by atoms with Gasteiger partial charge in [0.1, 0.15) is 6.33 Å². The second-order valence-corrected chi connectivity index (χ2v) is 7.21. The summed E-state index contributed by atoms with van der Waals surface area (Å²) in [5.41, 5.74) is 2.53. The Labute approximate surface area is 170 Å². The van der Waals surface area contributed by atoms with E-state index in [1.54, 1.807) is 6.33 Å². The van der Waals surface area contributed by atoms with E-state index >= 15 is 0 Å². The third kappa shape index (κ3) is 4.31. The van der Waals surface area contributed by atoms with Crippen molar-refractivity contribution in [2.45, 2.75) is 32.6 Å². The molecule has 2 aromatic heterocycles. The number of hydrogen-bond acceptors (Lipinski definition) is 6. The molecule has 4 rings (SSSR count). The predicted molar refractivity (Wildman–Crippen MR) is 114 cm³/mol. The summed E-state index contributed by atoms with van der Waals surface area (Å²) in [5, 5.41) is 6.68. The maximum Gasteiger partial charge on any atom is 0.226 e. The highest BCUT2D eigenvalue weighted by Crippen LogP contribution is 2.23. The van der Waals surface area contributed by atoms with Gasteiger partial charge in [0.25, 0.3) is 0 Å². The van der Waals surface area contributed by atoms with Crippen LogP contribution in [0.1, 0.15) is 32.6 Å². The number of rotatable bonds is 9. The number of para-hydroxylation sites is 1. The van der Waals surface area contributed by atoms with E-state index in [0.29, 0.717) is 18.9 Å². The lowest BCUT2D eigenvalue weighted by Crippen LogP contribution is -2.27. The number of carbonyl (C=O) groups is 1. The number of fused-ring (bicyclic) bond motifs is 1. The highest BCUT2D eigenvalue weighted by molar-refractivity contribution is 5.85. The van der Waals surface area contributed by atoms with Crippen LogP contribution in [0, 0.1) is 0 Å². The molecule has 0 unspecified atom stereocenters. The topological polar surface area (TPSA) is 88.0 Å². The first kappa shape index (κ1) is 19.2. The van der Waals surface area contributed by atoms with Crippen molar-refractivity contribution in [2.24, 2.45) is 0 Å². The molecule has 2 N–H and O–H groups in total. The average molecular weight is 393 g/mol. The Morgan fingerprint density at radius 3 is 2.72 bits per heavy atom. The van der Waals surface area contributed by atoms with Crippen molar-refractivity contribution >= 4 is 28.8 Å². The van der Waals surface area contributed by atoms with Crippen LogP contribution in [-0.2, 0) is 4.79 Å². The molecule has 0 atom stereocenters. The number of likely N-dealkylation sites (tertiary alicyclic amines) is 1. The lowest BCUT2D eigenvalue weighted by molar-refractivity contribution is -0.127. The molecule has 0 radical (unpaired) electrons. The summed E-state index contributed by atoms with van der Waals surface area (Å²) in [6, 6.07) is 10.0. The number of aromatic nitrogens is 4. The van der Waals surface area contributed by atoms with Crippen LogP contribution in [0.15, 0.2) is 36.7 Å². The normalized spacial score (nSPS) is 14.0. The summed E-state index contributed by atoms with van der Waals surface area (Å²) in [7, 11) is 0. The maximum atomic E-state index is 11.7. The first-order valence-electron chi connectivity index (χ1n) is 10.3. The minimum Gasteiger partial charge on any atom is -0.368 e. The largest absolute Gasteiger partial charge is 0.368 e. The molecule has 0 spiro atoms. The van der Waals surface area contributed by atoms with E-state index in [9.17, 15) is 4.79 Å². The molecular weight excluding hydrogens is 366 g/mol. The maximum absolute atomic E-state index is 11.7. The van der Waals surface area contributed by atoms with E-state index in [1.807, 2.05) is 39.8 Å². The number of hydrogen-bond donors (Lipinski definition) is 2. The number of imidazole rings is 1. The molecule has 1 aliphatic rings. The molecule has 1 fully saturated rings. The van der Waals surface area contributed by atoms with Crippen molar-refractivity contribution in [3.63, 3.8) is 0 Å². The Morgan fingerprint density at radius 2 is 1.97 bits per heavy atom. The fourth-order valence-electron chi connectivity index (χ4n) is 3.53. The molecule has 1 aromatic carbocycles. The second-order valence-electron chi connectivity index (χ2n) is 7.21. The van der Waals surface area contributed by atoms with Crippen LogP contribution in [-0.4, -0.2) is 56.5 Å². The summed E-state index contributed by atoms with van der Waals surface area (Å²) < 4.78 is 1.97. The van der Waals surface area contributed by atoms with Crippen molar-refractivity contribution in [3.05, 3.63) is 36.7 Å². The summed E-state index contributed by atoms with van der Waals surface area (Å²) in [4.78, 5) is 27.6. The summed E-state index contributed by atoms with van der Waals surface area (Å²) in [5.74, 6) is 1.57. The van der Waals surface area contributed by atoms with E-state index in [1.165, 1.54) is 0 Å². The Balaban J connectivity index is 1.53. The number of benzene rings is 1. The predicted octanol–water partition coefficient (Wildman–Crippen LogP) is 3.06. The highest BCUT2D eigenvalue weighted by Gasteiger charge is 2.19. The van der Waals surface area contributed by atoms with Crippen LogP contribution < -0.4 is 10.6 Å². The molecule has 29 heavy (non-hydrogen) atoms. The van der Waals surface area contributed by atoms with Gasteiger partial charge < -0.3 is 15.5 Å². The molecule has 0 aliphatic carbocycles. The van der Waals surface area contributed by atoms with Crippen molar-refractivity contribution < 1.29 is 4.79 Å². The standard InChI is InChI=1S/C21H27N7O/c1-2-11-22-19-18-20(28(15-24-18)16-8-4-3-5-9-16)26-21(25-19)23-12-7-14-27-13-6-10-17(27)29/h3-5,8-9,15H,2,6-7,10-14H2,1H3,(H2,22,23,25,26). The van der Waals surface area contributed by atoms with E-state index in [0.717, 1.165) is 61.6 Å². The van der Waals surface area contributed by atoms with Gasteiger partial charge in [-0.05, 0) is 31.4 Å². The number of nitrogens with zero attached hydrogens (tertiary/aromatic N) is 5. The molecule has 8 nitrogen and oxygen atoms in total. The van der Waals surface area contributed by atoms with Gasteiger partial charge >= 0.3 is 0 Å². The van der Waals surface area contributed by atoms with Gasteiger partial charge in [0.05, 0.1) is 0 Å². The third-order valence-corrected chi connectivity index (χ3v) is 5.03. The zero-order chi connectivity index (χ0) is 20.1. The van der Waals surface area contributed by atoms with Crippen LogP contribution in [0.5, 0.6) is 0 Å². The van der Waals surface area contributed by atoms with Crippen LogP contribution in [0.3, 0.4) is 0 Å². The lowest BCUT2D eigenvalue weighted by atomic mass is 10.3. The Hall–Kier alpha value is -3.16. The van der Waals surface area contributed by atoms with Gasteiger partial charge in [0.15, 0.2) is 17.0 Å². The molecule has 1 amide bonds. The zero-order valence-electron chi connectivity index (χ0n) is 16.8. The van der Waals surface area contributed by atoms with Gasteiger partial charge in [-0.3, -0.25) is 9.36 Å². The second kappa shape index (κ2) is 8.89. The average Bonchev–Trinajstić information content (AvgIpc) is 3.36. The van der Waals surface area contributed by atoms with Gasteiger partial charge in [0, 0.05) is 38.3 Å². The van der Waals surface area contributed by atoms with Crippen LogP contribution >= 0.6 is 0 Å². The van der Waals surface area contributed by atoms with Crippen LogP contribution in [0.4, 0.5) is 11.8 Å². The van der Waals surface area contributed by atoms with E-state index in [4.69, 9.17) is 4.98 Å². The molecule has 3 heterocycles. The van der Waals surface area contributed by atoms with Crippen molar-refractivity contribution in [2.75, 3.05) is 36.8 Å². The van der Waals surface area contributed by atoms with Gasteiger partial charge in [-0.2, -0.15) is 9.97 Å². The highest BCUT2D eigenvalue weighted by atomic mass is 16.2. The quantitative estimate of drug-likeness (QED) is 0.543. The first-order valence-corrected chi connectivity index (χ1v) is 10.3. The van der Waals surface area contributed by atoms with Gasteiger partial charge in [-0.25, -0.2) is 4.98 Å². The number of amides is 1. The van der Waals surface area contributed by atoms with Gasteiger partial charge in [-0.15, -0.1) is 0 Å². The number of anilines is 2. The Bertz CT molecular complexity index is 970. The van der Waals surface area contributed by atoms with Crippen LogP contribution in [0.2, 0.25) is 0 Å². The molecule has 0 bridgehead atoms. The van der Waals surface area contributed by atoms with Crippen LogP contribution in [0.25, 0.3) is 16.9 Å².